The molecule has 2 rings (SSSR count). The fourth-order valence-corrected chi connectivity index (χ4v) is 4.37. The van der Waals surface area contributed by atoms with Gasteiger partial charge in [-0.05, 0) is 44.0 Å². The predicted molar refractivity (Wildman–Crippen MR) is 85.4 cm³/mol. The minimum atomic E-state index is -3.03. The summed E-state index contributed by atoms with van der Waals surface area (Å²) in [7, 11) is -3.03. The molecule has 1 aliphatic carbocycles. The number of hydrogen-bond acceptors (Lipinski definition) is 4. The normalized spacial score (nSPS) is 24.0. The molecule has 1 saturated carbocycles. The van der Waals surface area contributed by atoms with Crippen molar-refractivity contribution in [3.05, 3.63) is 30.1 Å². The Morgan fingerprint density at radius 2 is 1.91 bits per heavy atom. The average molecular weight is 329 g/mol. The number of sulfone groups is 1. The second kappa shape index (κ2) is 7.42. The number of ether oxygens (including phenoxy) is 1. The molecule has 0 aromatic heterocycles. The molecule has 0 amide bonds. The van der Waals surface area contributed by atoms with Crippen molar-refractivity contribution in [3.8, 4) is 5.75 Å². The molecular formula is C16H24FNO3S. The zero-order valence-corrected chi connectivity index (χ0v) is 13.9. The van der Waals surface area contributed by atoms with Crippen LogP contribution in [0.4, 0.5) is 4.39 Å². The van der Waals surface area contributed by atoms with Crippen molar-refractivity contribution >= 4 is 9.84 Å². The van der Waals surface area contributed by atoms with Gasteiger partial charge in [0.1, 0.15) is 17.7 Å². The Balaban J connectivity index is 1.86. The van der Waals surface area contributed by atoms with Gasteiger partial charge in [-0.1, -0.05) is 12.8 Å². The van der Waals surface area contributed by atoms with Crippen molar-refractivity contribution in [1.82, 2.24) is 5.32 Å². The number of rotatable bonds is 6. The summed E-state index contributed by atoms with van der Waals surface area (Å²) in [4.78, 5) is 0. The molecule has 1 N–H and O–H groups in total. The number of hydrogen-bond donors (Lipinski definition) is 1. The van der Waals surface area contributed by atoms with Gasteiger partial charge in [0.05, 0.1) is 5.25 Å². The highest BCUT2D eigenvalue weighted by Gasteiger charge is 2.32. The standard InChI is InChI=1S/C16H24FNO3S/c1-12(21-14-9-7-13(17)8-10-14)11-18-15-5-3-4-6-16(15)22(2,19)20/h7-10,12,15-16,18H,3-6,11H2,1-2H3. The van der Waals surface area contributed by atoms with Crippen LogP contribution in [0.3, 0.4) is 0 Å². The van der Waals surface area contributed by atoms with Crippen LogP contribution in [0.5, 0.6) is 5.75 Å². The lowest BCUT2D eigenvalue weighted by molar-refractivity contribution is 0.205. The van der Waals surface area contributed by atoms with Crippen molar-refractivity contribution in [2.75, 3.05) is 12.8 Å². The van der Waals surface area contributed by atoms with E-state index in [1.807, 2.05) is 6.92 Å². The van der Waals surface area contributed by atoms with Crippen molar-refractivity contribution in [3.63, 3.8) is 0 Å². The number of nitrogens with one attached hydrogen (secondary N) is 1. The van der Waals surface area contributed by atoms with E-state index in [1.54, 1.807) is 12.1 Å². The molecule has 3 unspecified atom stereocenters. The van der Waals surface area contributed by atoms with Gasteiger partial charge in [0.2, 0.25) is 0 Å². The second-order valence-corrected chi connectivity index (χ2v) is 8.31. The molecule has 1 aromatic rings. The molecule has 1 aliphatic rings. The first-order valence-corrected chi connectivity index (χ1v) is 9.66. The fraction of sp³-hybridized carbons (Fsp3) is 0.625. The van der Waals surface area contributed by atoms with Gasteiger partial charge in [-0.3, -0.25) is 0 Å². The summed E-state index contributed by atoms with van der Waals surface area (Å²) in [6.45, 7) is 2.47. The smallest absolute Gasteiger partial charge is 0.151 e. The van der Waals surface area contributed by atoms with E-state index < -0.39 is 9.84 Å². The van der Waals surface area contributed by atoms with Crippen LogP contribution in [0.15, 0.2) is 24.3 Å². The van der Waals surface area contributed by atoms with Crippen molar-refractivity contribution < 1.29 is 17.5 Å². The zero-order chi connectivity index (χ0) is 16.2. The van der Waals surface area contributed by atoms with Crippen LogP contribution in [-0.4, -0.2) is 38.6 Å². The van der Waals surface area contributed by atoms with Gasteiger partial charge >= 0.3 is 0 Å². The first-order valence-electron chi connectivity index (χ1n) is 7.71. The van der Waals surface area contributed by atoms with Crippen molar-refractivity contribution in [1.29, 1.82) is 0 Å². The van der Waals surface area contributed by atoms with Crippen LogP contribution in [0.1, 0.15) is 32.6 Å². The van der Waals surface area contributed by atoms with E-state index in [2.05, 4.69) is 5.32 Å². The first kappa shape index (κ1) is 17.2. The van der Waals surface area contributed by atoms with E-state index in [0.29, 0.717) is 12.3 Å². The van der Waals surface area contributed by atoms with Crippen molar-refractivity contribution in [2.45, 2.75) is 50.0 Å². The molecule has 0 spiro atoms. The molecule has 1 fully saturated rings. The monoisotopic (exact) mass is 329 g/mol. The van der Waals surface area contributed by atoms with Crippen LogP contribution in [0.25, 0.3) is 0 Å². The highest BCUT2D eigenvalue weighted by atomic mass is 32.2. The average Bonchev–Trinajstić information content (AvgIpc) is 2.47. The highest BCUT2D eigenvalue weighted by molar-refractivity contribution is 7.91. The molecule has 0 saturated heterocycles. The summed E-state index contributed by atoms with van der Waals surface area (Å²) >= 11 is 0. The van der Waals surface area contributed by atoms with Gasteiger partial charge in [0.25, 0.3) is 0 Å². The molecule has 0 radical (unpaired) electrons. The summed E-state index contributed by atoms with van der Waals surface area (Å²) in [5.74, 6) is 0.315. The Morgan fingerprint density at radius 3 is 2.55 bits per heavy atom. The van der Waals surface area contributed by atoms with Gasteiger partial charge < -0.3 is 10.1 Å². The maximum absolute atomic E-state index is 12.8. The summed E-state index contributed by atoms with van der Waals surface area (Å²) in [6.07, 6.45) is 4.82. The van der Waals surface area contributed by atoms with Gasteiger partial charge in [0.15, 0.2) is 9.84 Å². The van der Waals surface area contributed by atoms with E-state index >= 15 is 0 Å². The molecule has 0 heterocycles. The molecule has 0 bridgehead atoms. The number of benzene rings is 1. The predicted octanol–water partition coefficient (Wildman–Crippen LogP) is 2.54. The lowest BCUT2D eigenvalue weighted by Gasteiger charge is -2.31. The minimum Gasteiger partial charge on any atom is -0.489 e. The Kier molecular flexibility index (Phi) is 5.81. The molecule has 124 valence electrons. The first-order chi connectivity index (χ1) is 10.4. The highest BCUT2D eigenvalue weighted by Crippen LogP contribution is 2.24. The van der Waals surface area contributed by atoms with Gasteiger partial charge in [-0.2, -0.15) is 0 Å². The SMILES string of the molecule is CC(CNC1CCCCC1S(C)(=O)=O)Oc1ccc(F)cc1. The second-order valence-electron chi connectivity index (χ2n) is 6.05. The van der Waals surface area contributed by atoms with Crippen LogP contribution < -0.4 is 10.1 Å². The lowest BCUT2D eigenvalue weighted by atomic mass is 9.95. The van der Waals surface area contributed by atoms with Crippen molar-refractivity contribution in [2.24, 2.45) is 0 Å². The third kappa shape index (κ3) is 4.95. The zero-order valence-electron chi connectivity index (χ0n) is 13.1. The Labute approximate surface area is 132 Å². The third-order valence-corrected chi connectivity index (χ3v) is 5.74. The maximum atomic E-state index is 12.8. The van der Waals surface area contributed by atoms with Crippen LogP contribution >= 0.6 is 0 Å². The molecule has 1 aromatic carbocycles. The minimum absolute atomic E-state index is 0.0111. The summed E-state index contributed by atoms with van der Waals surface area (Å²) in [5, 5.41) is 3.03. The summed E-state index contributed by atoms with van der Waals surface area (Å²) in [5.41, 5.74) is 0. The van der Waals surface area contributed by atoms with Crippen LogP contribution in [-0.2, 0) is 9.84 Å². The molecule has 6 heteroatoms. The van der Waals surface area contributed by atoms with Gasteiger partial charge in [-0.25, -0.2) is 12.8 Å². The van der Waals surface area contributed by atoms with Crippen LogP contribution in [0, 0.1) is 5.82 Å². The molecule has 3 atom stereocenters. The Bertz CT molecular complexity index is 574. The topological polar surface area (TPSA) is 55.4 Å². The molecule has 4 nitrogen and oxygen atoms in total. The number of halogens is 1. The van der Waals surface area contributed by atoms with Gasteiger partial charge in [0, 0.05) is 18.8 Å². The Hall–Kier alpha value is -1.14. The van der Waals surface area contributed by atoms with Gasteiger partial charge in [-0.15, -0.1) is 0 Å². The van der Waals surface area contributed by atoms with E-state index in [9.17, 15) is 12.8 Å². The Morgan fingerprint density at radius 1 is 1.27 bits per heavy atom. The lowest BCUT2D eigenvalue weighted by Crippen LogP contribution is -2.48. The fourth-order valence-electron chi connectivity index (χ4n) is 2.95. The van der Waals surface area contributed by atoms with E-state index in [4.69, 9.17) is 4.74 Å². The third-order valence-electron chi connectivity index (χ3n) is 4.07. The maximum Gasteiger partial charge on any atom is 0.151 e. The largest absolute Gasteiger partial charge is 0.489 e. The van der Waals surface area contributed by atoms with E-state index in [1.165, 1.54) is 18.4 Å². The summed E-state index contributed by atoms with van der Waals surface area (Å²) in [6, 6.07) is 5.88. The van der Waals surface area contributed by atoms with E-state index in [0.717, 1.165) is 25.7 Å². The quantitative estimate of drug-likeness (QED) is 0.871. The van der Waals surface area contributed by atoms with Crippen LogP contribution in [0.2, 0.25) is 0 Å². The summed E-state index contributed by atoms with van der Waals surface area (Å²) < 4.78 is 42.3. The molecule has 0 aliphatic heterocycles. The van der Waals surface area contributed by atoms with E-state index in [-0.39, 0.29) is 23.2 Å². The molecule has 22 heavy (non-hydrogen) atoms. The molecular weight excluding hydrogens is 305 g/mol.